The van der Waals surface area contributed by atoms with Gasteiger partial charge in [0.1, 0.15) is 0 Å². The molecule has 17 heavy (non-hydrogen) atoms. The van der Waals surface area contributed by atoms with Crippen molar-refractivity contribution in [2.24, 2.45) is 7.05 Å². The number of nitro groups is 1. The zero-order valence-corrected chi connectivity index (χ0v) is 9.72. The number of hydrogen-bond acceptors (Lipinski definition) is 6. The molecular weight excluding hydrogens is 242 g/mol. The molecule has 2 rings (SSSR count). The predicted octanol–water partition coefficient (Wildman–Crippen LogP) is 1.46. The van der Waals surface area contributed by atoms with Gasteiger partial charge in [-0.25, -0.2) is 0 Å². The number of aromatic nitrogens is 3. The van der Waals surface area contributed by atoms with Crippen molar-refractivity contribution in [3.05, 3.63) is 34.4 Å². The normalized spacial score (nSPS) is 10.4. The molecule has 0 saturated heterocycles. The molecule has 2 aromatic rings. The Balaban J connectivity index is 2.30. The van der Waals surface area contributed by atoms with Gasteiger partial charge in [-0.1, -0.05) is 12.1 Å². The number of nitrogens with two attached hydrogens (primary N) is 1. The topological polar surface area (TPSA) is 99.9 Å². The molecule has 0 aliphatic heterocycles. The monoisotopic (exact) mass is 251 g/mol. The minimum absolute atomic E-state index is 0.412. The van der Waals surface area contributed by atoms with Crippen LogP contribution in [-0.4, -0.2) is 19.7 Å². The highest BCUT2D eigenvalue weighted by Crippen LogP contribution is 2.30. The standard InChI is InChI=1S/C9H9N5O2S/c1-13-9(11-8(12-13)14(15)16)17-7-5-3-2-4-6(7)10/h2-5H,10H2,1H3. The molecule has 8 heteroatoms. The van der Waals surface area contributed by atoms with E-state index in [0.29, 0.717) is 10.8 Å². The highest BCUT2D eigenvalue weighted by molar-refractivity contribution is 7.99. The second-order valence-electron chi connectivity index (χ2n) is 3.21. The minimum Gasteiger partial charge on any atom is -0.398 e. The van der Waals surface area contributed by atoms with Crippen molar-refractivity contribution in [1.82, 2.24) is 14.8 Å². The van der Waals surface area contributed by atoms with E-state index < -0.39 is 10.9 Å². The lowest BCUT2D eigenvalue weighted by Crippen LogP contribution is -1.94. The smallest absolute Gasteiger partial charge is 0.398 e. The van der Waals surface area contributed by atoms with Gasteiger partial charge in [-0.05, 0) is 33.8 Å². The van der Waals surface area contributed by atoms with Gasteiger partial charge in [-0.15, -0.1) is 0 Å². The van der Waals surface area contributed by atoms with Gasteiger partial charge in [0, 0.05) is 22.7 Å². The first-order chi connectivity index (χ1) is 8.08. The number of rotatable bonds is 3. The molecule has 0 aliphatic rings. The molecule has 0 amide bonds. The Morgan fingerprint density at radius 3 is 2.76 bits per heavy atom. The third kappa shape index (κ3) is 2.36. The molecule has 0 radical (unpaired) electrons. The van der Waals surface area contributed by atoms with Crippen LogP contribution in [0.15, 0.2) is 34.3 Å². The fraction of sp³-hybridized carbons (Fsp3) is 0.111. The molecule has 0 spiro atoms. The Morgan fingerprint density at radius 1 is 1.47 bits per heavy atom. The molecule has 2 N–H and O–H groups in total. The molecule has 1 heterocycles. The van der Waals surface area contributed by atoms with Gasteiger partial charge in [-0.3, -0.25) is 0 Å². The Labute approximate surface area is 101 Å². The van der Waals surface area contributed by atoms with E-state index in [2.05, 4.69) is 10.1 Å². The molecule has 0 aliphatic carbocycles. The van der Waals surface area contributed by atoms with E-state index in [4.69, 9.17) is 5.73 Å². The van der Waals surface area contributed by atoms with Crippen LogP contribution in [0.3, 0.4) is 0 Å². The van der Waals surface area contributed by atoms with Gasteiger partial charge in [0.15, 0.2) is 0 Å². The molecule has 0 fully saturated rings. The van der Waals surface area contributed by atoms with Crippen molar-refractivity contribution in [3.8, 4) is 0 Å². The Hall–Kier alpha value is -2.09. The summed E-state index contributed by atoms with van der Waals surface area (Å²) in [5.74, 6) is -0.412. The van der Waals surface area contributed by atoms with Gasteiger partial charge in [0.25, 0.3) is 5.16 Å². The summed E-state index contributed by atoms with van der Waals surface area (Å²) < 4.78 is 1.36. The molecule has 88 valence electrons. The molecule has 0 unspecified atom stereocenters. The van der Waals surface area contributed by atoms with Crippen LogP contribution in [0.25, 0.3) is 0 Å². The zero-order chi connectivity index (χ0) is 12.4. The van der Waals surface area contributed by atoms with Crippen LogP contribution >= 0.6 is 11.8 Å². The van der Waals surface area contributed by atoms with Gasteiger partial charge in [-0.2, -0.15) is 4.68 Å². The van der Waals surface area contributed by atoms with Gasteiger partial charge in [0.2, 0.25) is 0 Å². The van der Waals surface area contributed by atoms with Crippen molar-refractivity contribution >= 4 is 23.4 Å². The first-order valence-corrected chi connectivity index (χ1v) is 5.47. The number of benzene rings is 1. The van der Waals surface area contributed by atoms with Crippen molar-refractivity contribution in [1.29, 1.82) is 0 Å². The average Bonchev–Trinajstić information content (AvgIpc) is 2.64. The average molecular weight is 251 g/mol. The Bertz CT molecular complexity index is 568. The van der Waals surface area contributed by atoms with E-state index in [1.165, 1.54) is 16.4 Å². The van der Waals surface area contributed by atoms with Crippen molar-refractivity contribution < 1.29 is 4.92 Å². The van der Waals surface area contributed by atoms with Crippen LogP contribution in [0.1, 0.15) is 0 Å². The highest BCUT2D eigenvalue weighted by Gasteiger charge is 2.20. The van der Waals surface area contributed by atoms with Crippen molar-refractivity contribution in [2.75, 3.05) is 5.73 Å². The number of nitrogen functional groups attached to an aromatic ring is 1. The lowest BCUT2D eigenvalue weighted by molar-refractivity contribution is -0.394. The fourth-order valence-corrected chi connectivity index (χ4v) is 2.02. The molecule has 1 aromatic heterocycles. The van der Waals surface area contributed by atoms with E-state index in [1.54, 1.807) is 13.1 Å². The van der Waals surface area contributed by atoms with Crippen LogP contribution in [0.5, 0.6) is 0 Å². The number of nitrogens with zero attached hydrogens (tertiary/aromatic N) is 4. The van der Waals surface area contributed by atoms with E-state index in [0.717, 1.165) is 4.90 Å². The molecule has 0 atom stereocenters. The summed E-state index contributed by atoms with van der Waals surface area (Å²) in [6, 6.07) is 7.23. The SMILES string of the molecule is Cn1nc([N+](=O)[O-])nc1Sc1ccccc1N. The van der Waals surface area contributed by atoms with Gasteiger partial charge < -0.3 is 15.8 Å². The number of aryl methyl sites for hydroxylation is 1. The summed E-state index contributed by atoms with van der Waals surface area (Å²) in [7, 11) is 1.60. The van der Waals surface area contributed by atoms with Crippen molar-refractivity contribution in [2.45, 2.75) is 10.1 Å². The van der Waals surface area contributed by atoms with Crippen LogP contribution in [0, 0.1) is 10.1 Å². The maximum Gasteiger partial charge on any atom is 0.492 e. The minimum atomic E-state index is -0.627. The number of para-hydroxylation sites is 1. The third-order valence-electron chi connectivity index (χ3n) is 2.00. The zero-order valence-electron chi connectivity index (χ0n) is 8.90. The lowest BCUT2D eigenvalue weighted by atomic mass is 10.3. The molecule has 0 saturated carbocycles. The Morgan fingerprint density at radius 2 is 2.18 bits per heavy atom. The van der Waals surface area contributed by atoms with Gasteiger partial charge in [0.05, 0.1) is 0 Å². The van der Waals surface area contributed by atoms with Crippen LogP contribution < -0.4 is 5.73 Å². The molecular formula is C9H9N5O2S. The van der Waals surface area contributed by atoms with E-state index in [9.17, 15) is 10.1 Å². The van der Waals surface area contributed by atoms with Crippen molar-refractivity contribution in [3.63, 3.8) is 0 Å². The molecule has 7 nitrogen and oxygen atoms in total. The van der Waals surface area contributed by atoms with Crippen LogP contribution in [0.2, 0.25) is 0 Å². The maximum absolute atomic E-state index is 10.5. The third-order valence-corrected chi connectivity index (χ3v) is 3.13. The summed E-state index contributed by atoms with van der Waals surface area (Å²) in [4.78, 5) is 14.5. The first kappa shape index (κ1) is 11.4. The summed E-state index contributed by atoms with van der Waals surface area (Å²) in [5.41, 5.74) is 6.37. The molecule has 0 bridgehead atoms. The number of anilines is 1. The second-order valence-corrected chi connectivity index (χ2v) is 4.22. The fourth-order valence-electron chi connectivity index (χ4n) is 1.20. The maximum atomic E-state index is 10.5. The first-order valence-electron chi connectivity index (χ1n) is 4.65. The lowest BCUT2D eigenvalue weighted by Gasteiger charge is -2.00. The second kappa shape index (κ2) is 4.42. The van der Waals surface area contributed by atoms with Crippen LogP contribution in [-0.2, 0) is 7.05 Å². The van der Waals surface area contributed by atoms with E-state index in [-0.39, 0.29) is 0 Å². The summed E-state index contributed by atoms with van der Waals surface area (Å²) >= 11 is 1.24. The Kier molecular flexibility index (Phi) is 2.96. The van der Waals surface area contributed by atoms with Gasteiger partial charge >= 0.3 is 5.95 Å². The summed E-state index contributed by atoms with van der Waals surface area (Å²) in [6.07, 6.45) is 0. The largest absolute Gasteiger partial charge is 0.492 e. The highest BCUT2D eigenvalue weighted by atomic mass is 32.2. The number of hydrogen-bond donors (Lipinski definition) is 1. The summed E-state index contributed by atoms with van der Waals surface area (Å²) in [6.45, 7) is 0. The predicted molar refractivity (Wildman–Crippen MR) is 62.6 cm³/mol. The molecule has 1 aromatic carbocycles. The van der Waals surface area contributed by atoms with E-state index in [1.807, 2.05) is 18.2 Å². The van der Waals surface area contributed by atoms with Crippen LogP contribution in [0.4, 0.5) is 11.6 Å². The summed E-state index contributed by atoms with van der Waals surface area (Å²) in [5, 5.41) is 14.6. The van der Waals surface area contributed by atoms with E-state index >= 15 is 0 Å². The quantitative estimate of drug-likeness (QED) is 0.503.